The summed E-state index contributed by atoms with van der Waals surface area (Å²) in [5.74, 6) is 9.30. The monoisotopic (exact) mass is 1410 g/mol. The zero-order chi connectivity index (χ0) is 75.2. The van der Waals surface area contributed by atoms with Crippen LogP contribution in [0.1, 0.15) is 287 Å². The summed E-state index contributed by atoms with van der Waals surface area (Å²) in [4.78, 5) is 13.8. The molecule has 1 fully saturated rings. The highest BCUT2D eigenvalue weighted by molar-refractivity contribution is 7.10. The summed E-state index contributed by atoms with van der Waals surface area (Å²) >= 11 is 3.55. The highest BCUT2D eigenvalue weighted by Gasteiger charge is 2.17. The molecular formula is C96H131N3OS2. The summed E-state index contributed by atoms with van der Waals surface area (Å²) in [6, 6.07) is 69.5. The highest BCUT2D eigenvalue weighted by atomic mass is 32.1. The SMILES string of the molecule is CC(C)C1=CC=CC1.CC(C)C1CCCC1.CC(C)c1ccc2ccccc2c1.CC(C)c1cccc2ccccc12.CC(C)c1ccccc1.CC(C)c1ccccc1.CC(C)c1ccccn1.CC(C)c1cccnc1.CC(C)c1ccco1.CC(C)c1cccs1.CC(C)c1nccs1. The number of hydrogen-bond acceptors (Lipinski definition) is 6. The first-order chi connectivity index (χ1) is 48.8. The Labute approximate surface area is 629 Å². The van der Waals surface area contributed by atoms with Crippen molar-refractivity contribution in [1.29, 1.82) is 0 Å². The maximum absolute atomic E-state index is 5.09. The standard InChI is InChI=1S/2C13H14.2C9H12.2C8H11N.C8H16.C8H12.C7H10O.C7H10S.C6H9NS/c1-10(2)12-9-5-7-11-6-3-4-8-13(11)12;1-10(2)12-8-7-11-5-3-4-6-13(11)9-12;2*1-8(2)9-6-4-3-5-7-9;1-7(2)8-4-3-5-9-6-8;1-7(2)8-5-3-4-6-9-8;2*1-7(2)8-5-3-4-6-8;2*1-6(2)7-4-3-5-8-7;1-5(2)6-7-3-4-8-6/h2*3-10H,1-2H3;2*3-8H,1-2H3;2*3-7H,1-2H3;7-8H,3-6H2,1-2H3;3-5,7H,6H2,1-2H3;2*3-6H,1-2H3;3-5H,1-2H3. The molecule has 2 aliphatic rings. The van der Waals surface area contributed by atoms with Crippen molar-refractivity contribution in [3.63, 3.8) is 0 Å². The van der Waals surface area contributed by atoms with Gasteiger partial charge in [0.2, 0.25) is 0 Å². The van der Waals surface area contributed by atoms with Crippen LogP contribution in [0.4, 0.5) is 0 Å². The van der Waals surface area contributed by atoms with Gasteiger partial charge in [-0.1, -0.05) is 366 Å². The Kier molecular flexibility index (Phi) is 44.6. The average Bonchev–Trinajstić information content (AvgIpc) is 0.925. The van der Waals surface area contributed by atoms with Crippen LogP contribution >= 0.6 is 22.7 Å². The van der Waals surface area contributed by atoms with Gasteiger partial charge in [-0.05, 0) is 157 Å². The second-order valence-electron chi connectivity index (χ2n) is 29.6. The van der Waals surface area contributed by atoms with Gasteiger partial charge in [0.05, 0.1) is 11.3 Å². The normalized spacial score (nSPS) is 12.0. The number of benzene rings is 6. The number of allylic oxidation sites excluding steroid dienone is 4. The van der Waals surface area contributed by atoms with Crippen molar-refractivity contribution in [2.45, 2.75) is 238 Å². The zero-order valence-electron chi connectivity index (χ0n) is 66.9. The Morgan fingerprint density at radius 1 is 0.382 bits per heavy atom. The van der Waals surface area contributed by atoms with Gasteiger partial charge >= 0.3 is 0 Å². The molecule has 2 aliphatic carbocycles. The molecule has 0 aliphatic heterocycles. The van der Waals surface area contributed by atoms with Crippen LogP contribution in [-0.4, -0.2) is 15.0 Å². The quantitative estimate of drug-likeness (QED) is 0.129. The molecule has 11 aromatic rings. The summed E-state index contributed by atoms with van der Waals surface area (Å²) in [6.07, 6.45) is 22.8. The number of aromatic nitrogens is 3. The molecule has 6 heteroatoms. The average molecular weight is 1410 g/mol. The van der Waals surface area contributed by atoms with Gasteiger partial charge in [0, 0.05) is 52.6 Å². The van der Waals surface area contributed by atoms with Gasteiger partial charge in [-0.15, -0.1) is 22.7 Å². The van der Waals surface area contributed by atoms with Crippen LogP contribution in [0.2, 0.25) is 0 Å². The predicted molar refractivity (Wildman–Crippen MR) is 455 cm³/mol. The number of furan rings is 1. The fraction of sp³-hybridized carbons (Fsp3) is 0.406. The molecule has 0 spiro atoms. The van der Waals surface area contributed by atoms with Crippen LogP contribution in [-0.2, 0) is 0 Å². The lowest BCUT2D eigenvalue weighted by Crippen LogP contribution is -2.01. The molecule has 0 unspecified atom stereocenters. The number of fused-ring (bicyclic) bond motifs is 2. The molecule has 13 rings (SSSR count). The molecule has 102 heavy (non-hydrogen) atoms. The molecule has 0 bridgehead atoms. The van der Waals surface area contributed by atoms with Gasteiger partial charge in [-0.2, -0.15) is 0 Å². The van der Waals surface area contributed by atoms with E-state index in [1.807, 2.05) is 83.8 Å². The van der Waals surface area contributed by atoms with Crippen LogP contribution in [0.15, 0.2) is 270 Å². The minimum absolute atomic E-state index is 0.519. The van der Waals surface area contributed by atoms with Crippen LogP contribution in [0.3, 0.4) is 0 Å². The van der Waals surface area contributed by atoms with Gasteiger partial charge in [-0.3, -0.25) is 9.97 Å². The summed E-state index contributed by atoms with van der Waals surface area (Å²) in [5, 5.41) is 10.8. The molecule has 5 aromatic heterocycles. The van der Waals surface area contributed by atoms with E-state index in [4.69, 9.17) is 4.42 Å². The molecule has 0 amide bonds. The van der Waals surface area contributed by atoms with Crippen LogP contribution in [0.25, 0.3) is 21.5 Å². The third kappa shape index (κ3) is 36.9. The van der Waals surface area contributed by atoms with Crippen LogP contribution in [0.5, 0.6) is 0 Å². The van der Waals surface area contributed by atoms with Crippen molar-refractivity contribution >= 4 is 44.2 Å². The van der Waals surface area contributed by atoms with E-state index in [0.29, 0.717) is 53.3 Å². The fourth-order valence-electron chi connectivity index (χ4n) is 10.7. The second kappa shape index (κ2) is 51.4. The van der Waals surface area contributed by atoms with Gasteiger partial charge in [-0.25, -0.2) is 4.98 Å². The van der Waals surface area contributed by atoms with Crippen LogP contribution in [0, 0.1) is 17.8 Å². The molecule has 548 valence electrons. The lowest BCUT2D eigenvalue weighted by atomic mass is 9.95. The van der Waals surface area contributed by atoms with E-state index >= 15 is 0 Å². The minimum atomic E-state index is 0.519. The lowest BCUT2D eigenvalue weighted by Gasteiger charge is -2.11. The molecule has 0 N–H and O–H groups in total. The zero-order valence-corrected chi connectivity index (χ0v) is 68.5. The van der Waals surface area contributed by atoms with Crippen molar-refractivity contribution in [2.24, 2.45) is 17.8 Å². The lowest BCUT2D eigenvalue weighted by molar-refractivity contribution is 0.396. The van der Waals surface area contributed by atoms with Gasteiger partial charge in [0.25, 0.3) is 0 Å². The maximum atomic E-state index is 5.09. The minimum Gasteiger partial charge on any atom is -0.469 e. The van der Waals surface area contributed by atoms with Crippen molar-refractivity contribution < 1.29 is 4.42 Å². The van der Waals surface area contributed by atoms with E-state index in [1.54, 1.807) is 29.4 Å². The van der Waals surface area contributed by atoms with Crippen molar-refractivity contribution in [2.75, 3.05) is 0 Å². The number of thiophene rings is 1. The largest absolute Gasteiger partial charge is 0.469 e. The third-order valence-corrected chi connectivity index (χ3v) is 19.8. The number of pyridine rings is 2. The summed E-state index contributed by atoms with van der Waals surface area (Å²) < 4.78 is 5.09. The number of thiazole rings is 1. The molecule has 4 nitrogen and oxygen atoms in total. The molecular weight excluding hydrogens is 1280 g/mol. The summed E-state index contributed by atoms with van der Waals surface area (Å²) in [5.41, 5.74) is 9.71. The Hall–Kier alpha value is -7.77. The summed E-state index contributed by atoms with van der Waals surface area (Å²) in [6.45, 7) is 48.5. The van der Waals surface area contributed by atoms with E-state index in [0.717, 1.165) is 29.2 Å². The topological polar surface area (TPSA) is 51.8 Å². The summed E-state index contributed by atoms with van der Waals surface area (Å²) in [7, 11) is 0. The van der Waals surface area contributed by atoms with E-state index in [2.05, 4.69) is 343 Å². The molecule has 0 saturated heterocycles. The first kappa shape index (κ1) is 88.4. The van der Waals surface area contributed by atoms with Gasteiger partial charge in [0.1, 0.15) is 5.76 Å². The fourth-order valence-corrected chi connectivity index (χ4v) is 12.1. The van der Waals surface area contributed by atoms with E-state index in [1.165, 1.54) is 91.4 Å². The van der Waals surface area contributed by atoms with Crippen LogP contribution < -0.4 is 0 Å². The van der Waals surface area contributed by atoms with Gasteiger partial charge < -0.3 is 4.42 Å². The second-order valence-corrected chi connectivity index (χ2v) is 31.6. The Morgan fingerprint density at radius 2 is 0.951 bits per heavy atom. The molecule has 6 aromatic carbocycles. The number of nitrogens with zero attached hydrogens (tertiary/aromatic N) is 3. The maximum Gasteiger partial charge on any atom is 0.106 e. The predicted octanol–water partition coefficient (Wildman–Crippen LogP) is 30.9. The van der Waals surface area contributed by atoms with Crippen molar-refractivity contribution in [3.05, 3.63) is 315 Å². The third-order valence-electron chi connectivity index (χ3n) is 17.5. The number of rotatable bonds is 11. The highest BCUT2D eigenvalue weighted by Crippen LogP contribution is 2.31. The van der Waals surface area contributed by atoms with E-state index in [9.17, 15) is 0 Å². The van der Waals surface area contributed by atoms with Gasteiger partial charge in [0.15, 0.2) is 0 Å². The first-order valence-corrected chi connectivity index (χ1v) is 39.7. The Bertz CT molecular complexity index is 3540. The Balaban J connectivity index is 0.000000293. The molecule has 0 atom stereocenters. The Morgan fingerprint density at radius 3 is 1.31 bits per heavy atom. The number of hydrogen-bond donors (Lipinski definition) is 0. The van der Waals surface area contributed by atoms with E-state index < -0.39 is 0 Å². The first-order valence-electron chi connectivity index (χ1n) is 38.0. The van der Waals surface area contributed by atoms with Crippen molar-refractivity contribution in [3.8, 4) is 0 Å². The molecule has 1 saturated carbocycles. The molecule has 5 heterocycles. The van der Waals surface area contributed by atoms with Crippen molar-refractivity contribution in [1.82, 2.24) is 15.0 Å². The molecule has 0 radical (unpaired) electrons. The smallest absolute Gasteiger partial charge is 0.106 e. The van der Waals surface area contributed by atoms with E-state index in [-0.39, 0.29) is 0 Å².